The zero-order valence-electron chi connectivity index (χ0n) is 7.70. The molecule has 0 radical (unpaired) electrons. The van der Waals surface area contributed by atoms with Gasteiger partial charge in [0.05, 0.1) is 13.2 Å². The summed E-state index contributed by atoms with van der Waals surface area (Å²) in [6, 6.07) is 0. The van der Waals surface area contributed by atoms with E-state index < -0.39 is 18.2 Å². The van der Waals surface area contributed by atoms with Crippen molar-refractivity contribution in [3.63, 3.8) is 0 Å². The summed E-state index contributed by atoms with van der Waals surface area (Å²) in [6.45, 7) is 4.64. The lowest BCUT2D eigenvalue weighted by Crippen LogP contribution is -2.40. The number of hydrogen-bond donors (Lipinski definition) is 2. The molecule has 12 heavy (non-hydrogen) atoms. The zero-order chi connectivity index (χ0) is 9.78. The third kappa shape index (κ3) is 3.69. The summed E-state index contributed by atoms with van der Waals surface area (Å²) in [5, 5.41) is 17.8. The highest BCUT2D eigenvalue weighted by Crippen LogP contribution is 2.05. The van der Waals surface area contributed by atoms with Crippen LogP contribution in [0.3, 0.4) is 0 Å². The van der Waals surface area contributed by atoms with Crippen LogP contribution < -0.4 is 0 Å². The summed E-state index contributed by atoms with van der Waals surface area (Å²) in [5.41, 5.74) is -1.77. The molecule has 4 nitrogen and oxygen atoms in total. The van der Waals surface area contributed by atoms with Crippen molar-refractivity contribution in [3.05, 3.63) is 0 Å². The number of ether oxygens (including phenoxy) is 1. The summed E-state index contributed by atoms with van der Waals surface area (Å²) in [6.07, 6.45) is 0. The summed E-state index contributed by atoms with van der Waals surface area (Å²) in [5.74, 6) is -0.554. The number of carbonyl (C=O) groups excluding carboxylic acids is 1. The van der Waals surface area contributed by atoms with Crippen LogP contribution in [0.2, 0.25) is 0 Å². The van der Waals surface area contributed by atoms with Crippen LogP contribution in [0, 0.1) is 5.92 Å². The SMILES string of the molecule is CC(C)COC(=O)[C@@](C)(O)CO. The molecule has 1 atom stereocenters. The molecule has 0 spiro atoms. The molecule has 72 valence electrons. The molecular formula is C8H16O4. The maximum absolute atomic E-state index is 11.0. The van der Waals surface area contributed by atoms with Gasteiger partial charge in [0.25, 0.3) is 0 Å². The smallest absolute Gasteiger partial charge is 0.340 e. The van der Waals surface area contributed by atoms with Crippen molar-refractivity contribution in [2.75, 3.05) is 13.2 Å². The molecule has 0 aromatic rings. The average Bonchev–Trinajstić information content (AvgIpc) is 2.00. The molecule has 0 amide bonds. The number of esters is 1. The van der Waals surface area contributed by atoms with Crippen molar-refractivity contribution in [2.24, 2.45) is 5.92 Å². The number of aliphatic hydroxyl groups is 2. The van der Waals surface area contributed by atoms with Gasteiger partial charge in [-0.2, -0.15) is 0 Å². The van der Waals surface area contributed by atoms with Crippen LogP contribution in [-0.2, 0) is 9.53 Å². The number of rotatable bonds is 4. The zero-order valence-corrected chi connectivity index (χ0v) is 7.70. The molecule has 0 unspecified atom stereocenters. The molecular weight excluding hydrogens is 160 g/mol. The molecule has 4 heteroatoms. The molecule has 0 saturated heterocycles. The summed E-state index contributed by atoms with van der Waals surface area (Å²) in [4.78, 5) is 11.0. The number of carbonyl (C=O) groups is 1. The van der Waals surface area contributed by atoms with E-state index in [-0.39, 0.29) is 12.5 Å². The molecule has 0 aliphatic rings. The van der Waals surface area contributed by atoms with E-state index in [1.807, 2.05) is 13.8 Å². The Bertz CT molecular complexity index is 151. The number of hydrogen-bond acceptors (Lipinski definition) is 4. The first-order valence-electron chi connectivity index (χ1n) is 3.90. The second-order valence-electron chi connectivity index (χ2n) is 3.42. The predicted octanol–water partition coefficient (Wildman–Crippen LogP) is -0.0711. The maximum Gasteiger partial charge on any atom is 0.340 e. The molecule has 0 saturated carbocycles. The van der Waals surface area contributed by atoms with Crippen LogP contribution in [0.4, 0.5) is 0 Å². The normalized spacial score (nSPS) is 15.8. The van der Waals surface area contributed by atoms with Crippen molar-refractivity contribution in [1.82, 2.24) is 0 Å². The minimum absolute atomic E-state index is 0.225. The molecule has 0 aromatic heterocycles. The van der Waals surface area contributed by atoms with Crippen molar-refractivity contribution in [1.29, 1.82) is 0 Å². The van der Waals surface area contributed by atoms with Gasteiger partial charge in [-0.25, -0.2) is 4.79 Å². The van der Waals surface area contributed by atoms with E-state index in [2.05, 4.69) is 0 Å². The fourth-order valence-corrected chi connectivity index (χ4v) is 0.462. The standard InChI is InChI=1S/C8H16O4/c1-6(2)4-12-7(10)8(3,11)5-9/h6,9,11H,4-5H2,1-3H3/t8-/m0/s1. The third-order valence-corrected chi connectivity index (χ3v) is 1.30. The summed E-state index contributed by atoms with van der Waals surface area (Å²) in [7, 11) is 0. The van der Waals surface area contributed by atoms with Gasteiger partial charge in [0.2, 0.25) is 0 Å². The highest BCUT2D eigenvalue weighted by Gasteiger charge is 2.31. The van der Waals surface area contributed by atoms with Crippen molar-refractivity contribution >= 4 is 5.97 Å². The van der Waals surface area contributed by atoms with Gasteiger partial charge in [-0.05, 0) is 12.8 Å². The Labute approximate surface area is 72.2 Å². The quantitative estimate of drug-likeness (QED) is 0.588. The molecule has 2 N–H and O–H groups in total. The highest BCUT2D eigenvalue weighted by molar-refractivity contribution is 5.78. The Morgan fingerprint density at radius 1 is 1.58 bits per heavy atom. The van der Waals surface area contributed by atoms with Gasteiger partial charge in [0.15, 0.2) is 5.60 Å². The van der Waals surface area contributed by atoms with E-state index in [4.69, 9.17) is 9.84 Å². The van der Waals surface area contributed by atoms with E-state index in [0.29, 0.717) is 0 Å². The molecule has 0 aromatic carbocycles. The minimum Gasteiger partial charge on any atom is -0.463 e. The van der Waals surface area contributed by atoms with Gasteiger partial charge in [-0.3, -0.25) is 0 Å². The van der Waals surface area contributed by atoms with E-state index >= 15 is 0 Å². The monoisotopic (exact) mass is 176 g/mol. The van der Waals surface area contributed by atoms with Crippen LogP contribution in [0.15, 0.2) is 0 Å². The summed E-state index contributed by atoms with van der Waals surface area (Å²) >= 11 is 0. The largest absolute Gasteiger partial charge is 0.463 e. The molecule has 0 aliphatic heterocycles. The van der Waals surface area contributed by atoms with Gasteiger partial charge in [-0.15, -0.1) is 0 Å². The van der Waals surface area contributed by atoms with E-state index in [1.165, 1.54) is 6.92 Å². The topological polar surface area (TPSA) is 66.8 Å². The second-order valence-corrected chi connectivity index (χ2v) is 3.42. The third-order valence-electron chi connectivity index (χ3n) is 1.30. The Balaban J connectivity index is 3.88. The highest BCUT2D eigenvalue weighted by atomic mass is 16.6. The van der Waals surface area contributed by atoms with Gasteiger partial charge < -0.3 is 14.9 Å². The average molecular weight is 176 g/mol. The van der Waals surface area contributed by atoms with Gasteiger partial charge in [0, 0.05) is 0 Å². The van der Waals surface area contributed by atoms with Gasteiger partial charge >= 0.3 is 5.97 Å². The van der Waals surface area contributed by atoms with Crippen LogP contribution in [0.1, 0.15) is 20.8 Å². The van der Waals surface area contributed by atoms with Crippen LogP contribution >= 0.6 is 0 Å². The van der Waals surface area contributed by atoms with E-state index in [9.17, 15) is 9.90 Å². The van der Waals surface area contributed by atoms with E-state index in [0.717, 1.165) is 0 Å². The first kappa shape index (κ1) is 11.4. The Hall–Kier alpha value is -0.610. The Kier molecular flexibility index (Phi) is 4.20. The first-order valence-corrected chi connectivity index (χ1v) is 3.90. The lowest BCUT2D eigenvalue weighted by Gasteiger charge is -2.18. The Morgan fingerprint density at radius 2 is 2.08 bits per heavy atom. The minimum atomic E-state index is -1.77. The van der Waals surface area contributed by atoms with Crippen LogP contribution in [0.25, 0.3) is 0 Å². The van der Waals surface area contributed by atoms with Gasteiger partial charge in [-0.1, -0.05) is 13.8 Å². The van der Waals surface area contributed by atoms with Gasteiger partial charge in [0.1, 0.15) is 0 Å². The van der Waals surface area contributed by atoms with E-state index in [1.54, 1.807) is 0 Å². The van der Waals surface area contributed by atoms with Crippen molar-refractivity contribution in [3.8, 4) is 0 Å². The maximum atomic E-state index is 11.0. The van der Waals surface area contributed by atoms with Crippen LogP contribution in [0.5, 0.6) is 0 Å². The number of aliphatic hydroxyl groups excluding tert-OH is 1. The lowest BCUT2D eigenvalue weighted by atomic mass is 10.1. The summed E-state index contributed by atoms with van der Waals surface area (Å²) < 4.78 is 4.71. The van der Waals surface area contributed by atoms with Crippen molar-refractivity contribution in [2.45, 2.75) is 26.4 Å². The second kappa shape index (κ2) is 4.42. The molecule has 0 aliphatic carbocycles. The molecule has 0 heterocycles. The van der Waals surface area contributed by atoms with Crippen molar-refractivity contribution < 1.29 is 19.7 Å². The van der Waals surface area contributed by atoms with Crippen LogP contribution in [-0.4, -0.2) is 35.0 Å². The molecule has 0 fully saturated rings. The molecule has 0 rings (SSSR count). The fraction of sp³-hybridized carbons (Fsp3) is 0.875. The lowest BCUT2D eigenvalue weighted by molar-refractivity contribution is -0.168. The first-order chi connectivity index (χ1) is 5.40. The molecule has 0 bridgehead atoms. The fourth-order valence-electron chi connectivity index (χ4n) is 0.462. The Morgan fingerprint density at radius 3 is 2.42 bits per heavy atom. The predicted molar refractivity (Wildman–Crippen MR) is 43.5 cm³/mol.